The normalized spacial score (nSPS) is 13.7. The molecule has 1 saturated carbocycles. The van der Waals surface area contributed by atoms with Crippen molar-refractivity contribution < 1.29 is 13.9 Å². The van der Waals surface area contributed by atoms with Gasteiger partial charge in [0, 0.05) is 6.07 Å². The molecule has 2 heterocycles. The molecule has 0 radical (unpaired) electrons. The number of anilines is 3. The second-order valence-electron chi connectivity index (χ2n) is 6.58. The van der Waals surface area contributed by atoms with Crippen molar-refractivity contribution in [3.8, 4) is 0 Å². The zero-order chi connectivity index (χ0) is 20.1. The van der Waals surface area contributed by atoms with Gasteiger partial charge in [0.2, 0.25) is 5.52 Å². The number of rotatable bonds is 5. The molecule has 2 aromatic heterocycles. The first-order valence-electron chi connectivity index (χ1n) is 8.63. The van der Waals surface area contributed by atoms with Crippen LogP contribution in [0.3, 0.4) is 0 Å². The highest BCUT2D eigenvalue weighted by atomic mass is 35.5. The van der Waals surface area contributed by atoms with Crippen molar-refractivity contribution in [1.82, 2.24) is 15.3 Å². The molecule has 0 atom stereocenters. The summed E-state index contributed by atoms with van der Waals surface area (Å²) in [4.78, 5) is 16.9. The van der Waals surface area contributed by atoms with Crippen LogP contribution in [0.2, 0.25) is 4.34 Å². The minimum Gasteiger partial charge on any atom is -0.284 e. The van der Waals surface area contributed by atoms with Crippen molar-refractivity contribution in [3.63, 3.8) is 0 Å². The van der Waals surface area contributed by atoms with E-state index in [4.69, 9.17) is 16.2 Å². The third-order valence-electron chi connectivity index (χ3n) is 4.71. The van der Waals surface area contributed by atoms with E-state index in [1.807, 2.05) is 0 Å². The van der Waals surface area contributed by atoms with E-state index in [-0.39, 0.29) is 28.5 Å². The summed E-state index contributed by atoms with van der Waals surface area (Å²) in [6.45, 7) is 0. The van der Waals surface area contributed by atoms with E-state index in [1.165, 1.54) is 35.7 Å². The molecule has 2 aromatic carbocycles. The Morgan fingerprint density at radius 2 is 1.97 bits per heavy atom. The lowest BCUT2D eigenvalue weighted by Gasteiger charge is -2.25. The molecule has 5 rings (SSSR count). The number of aromatic nitrogens is 3. The van der Waals surface area contributed by atoms with Crippen LogP contribution in [0.4, 0.5) is 26.6 Å². The first kappa shape index (κ1) is 18.0. The van der Waals surface area contributed by atoms with E-state index in [1.54, 1.807) is 17.0 Å². The number of hydrogen-bond donors (Lipinski definition) is 0. The Morgan fingerprint density at radius 3 is 2.66 bits per heavy atom. The topological polar surface area (TPSA) is 98.2 Å². The summed E-state index contributed by atoms with van der Waals surface area (Å²) in [5.41, 5.74) is 2.03. The van der Waals surface area contributed by atoms with Crippen LogP contribution in [0.25, 0.3) is 11.0 Å². The Bertz CT molecular complexity index is 1260. The highest BCUT2D eigenvalue weighted by Crippen LogP contribution is 2.49. The van der Waals surface area contributed by atoms with Gasteiger partial charge < -0.3 is 0 Å². The molecule has 0 saturated heterocycles. The van der Waals surface area contributed by atoms with Crippen LogP contribution in [0.1, 0.15) is 24.3 Å². The Balaban J connectivity index is 1.78. The van der Waals surface area contributed by atoms with Crippen LogP contribution in [0.15, 0.2) is 41.2 Å². The fourth-order valence-corrected chi connectivity index (χ4v) is 4.23. The number of halogens is 2. The van der Waals surface area contributed by atoms with Crippen molar-refractivity contribution in [2.75, 3.05) is 4.90 Å². The van der Waals surface area contributed by atoms with Crippen molar-refractivity contribution in [2.24, 2.45) is 0 Å². The average molecular weight is 432 g/mol. The number of hydrogen-bond acceptors (Lipinski definition) is 8. The number of non-ortho nitro benzene ring substituents is 1. The molecule has 29 heavy (non-hydrogen) atoms. The van der Waals surface area contributed by atoms with Gasteiger partial charge in [-0.2, -0.15) is 0 Å². The Labute approximate surface area is 171 Å². The van der Waals surface area contributed by atoms with Gasteiger partial charge in [-0.15, -0.1) is 0 Å². The molecule has 4 aromatic rings. The molecule has 0 N–H and O–H groups in total. The summed E-state index contributed by atoms with van der Waals surface area (Å²) in [7, 11) is 0. The lowest BCUT2D eigenvalue weighted by molar-refractivity contribution is -0.383. The fourth-order valence-electron chi connectivity index (χ4n) is 3.30. The zero-order valence-corrected chi connectivity index (χ0v) is 16.2. The largest absolute Gasteiger partial charge is 0.300 e. The zero-order valence-electron chi connectivity index (χ0n) is 14.6. The van der Waals surface area contributed by atoms with E-state index in [2.05, 4.69) is 15.3 Å². The van der Waals surface area contributed by atoms with Gasteiger partial charge in [0.05, 0.1) is 22.5 Å². The highest BCUT2D eigenvalue weighted by molar-refractivity contribution is 7.19. The van der Waals surface area contributed by atoms with Crippen LogP contribution in [0, 0.1) is 15.9 Å². The summed E-state index contributed by atoms with van der Waals surface area (Å²) in [5.74, 6) is -0.0904. The second kappa shape index (κ2) is 6.75. The summed E-state index contributed by atoms with van der Waals surface area (Å²) in [6.07, 6.45) is 3.44. The van der Waals surface area contributed by atoms with Gasteiger partial charge >= 0.3 is 5.69 Å². The maximum atomic E-state index is 14.0. The van der Waals surface area contributed by atoms with Crippen LogP contribution >= 0.6 is 22.9 Å². The maximum Gasteiger partial charge on any atom is 0.300 e. The van der Waals surface area contributed by atoms with Crippen LogP contribution in [-0.4, -0.2) is 20.2 Å². The number of benzene rings is 2. The van der Waals surface area contributed by atoms with Gasteiger partial charge in [0.1, 0.15) is 10.2 Å². The molecular formula is C18H11ClFN5O3S. The standard InChI is InChI=1S/C18H11ClFN5O3S/c19-15-8-21-18(29-15)24(12-4-3-10(20)7-11(12)9-1-2-9)13-5-6-14(25(26)27)17-16(13)22-28-23-17/h3-9H,1-2H2. The predicted octanol–water partition coefficient (Wildman–Crippen LogP) is 5.73. The molecule has 11 heteroatoms. The molecule has 0 bridgehead atoms. The summed E-state index contributed by atoms with van der Waals surface area (Å²) in [6, 6.07) is 7.44. The third kappa shape index (κ3) is 3.10. The Morgan fingerprint density at radius 1 is 1.21 bits per heavy atom. The van der Waals surface area contributed by atoms with Crippen molar-refractivity contribution >= 4 is 56.2 Å². The fraction of sp³-hybridized carbons (Fsp3) is 0.167. The third-order valence-corrected chi connectivity index (χ3v) is 5.81. The van der Waals surface area contributed by atoms with Gasteiger partial charge in [-0.25, -0.2) is 14.0 Å². The van der Waals surface area contributed by atoms with E-state index in [0.717, 1.165) is 18.4 Å². The number of fused-ring (bicyclic) bond motifs is 1. The number of nitro benzene ring substituents is 1. The molecule has 1 aliphatic carbocycles. The number of nitro groups is 1. The highest BCUT2D eigenvalue weighted by Gasteiger charge is 2.32. The minimum absolute atomic E-state index is 0.0234. The Kier molecular flexibility index (Phi) is 4.18. The minimum atomic E-state index is -0.547. The summed E-state index contributed by atoms with van der Waals surface area (Å²) >= 11 is 7.34. The average Bonchev–Trinajstić information content (AvgIpc) is 3.27. The lowest BCUT2D eigenvalue weighted by Crippen LogP contribution is -2.13. The monoisotopic (exact) mass is 431 g/mol. The van der Waals surface area contributed by atoms with Gasteiger partial charge in [-0.3, -0.25) is 15.0 Å². The maximum absolute atomic E-state index is 14.0. The van der Waals surface area contributed by atoms with Crippen molar-refractivity contribution in [1.29, 1.82) is 0 Å². The van der Waals surface area contributed by atoms with Crippen LogP contribution in [-0.2, 0) is 0 Å². The van der Waals surface area contributed by atoms with Gasteiger partial charge in [-0.1, -0.05) is 22.9 Å². The molecule has 1 aliphatic rings. The number of thiazole rings is 1. The van der Waals surface area contributed by atoms with Gasteiger partial charge in [0.25, 0.3) is 0 Å². The SMILES string of the molecule is O=[N+]([O-])c1ccc(N(c2ncc(Cl)s2)c2ccc(F)cc2C2CC2)c2nonc12. The number of nitrogens with zero attached hydrogens (tertiary/aromatic N) is 5. The molecule has 1 fully saturated rings. The molecule has 8 nitrogen and oxygen atoms in total. The van der Waals surface area contributed by atoms with Gasteiger partial charge in [0.15, 0.2) is 10.6 Å². The molecule has 0 spiro atoms. The van der Waals surface area contributed by atoms with E-state index in [0.29, 0.717) is 20.8 Å². The van der Waals surface area contributed by atoms with Crippen LogP contribution in [0.5, 0.6) is 0 Å². The van der Waals surface area contributed by atoms with E-state index in [9.17, 15) is 14.5 Å². The molecule has 0 aliphatic heterocycles. The smallest absolute Gasteiger partial charge is 0.284 e. The first-order valence-corrected chi connectivity index (χ1v) is 9.83. The quantitative estimate of drug-likeness (QED) is 0.294. The summed E-state index contributed by atoms with van der Waals surface area (Å²) in [5, 5.41) is 19.4. The lowest BCUT2D eigenvalue weighted by atomic mass is 10.1. The summed E-state index contributed by atoms with van der Waals surface area (Å²) < 4.78 is 19.3. The first-order chi connectivity index (χ1) is 14.0. The molecule has 146 valence electrons. The van der Waals surface area contributed by atoms with Crippen molar-refractivity contribution in [3.05, 3.63) is 62.4 Å². The predicted molar refractivity (Wildman–Crippen MR) is 106 cm³/mol. The van der Waals surface area contributed by atoms with Gasteiger partial charge in [-0.05, 0) is 58.9 Å². The molecule has 0 amide bonds. The van der Waals surface area contributed by atoms with E-state index < -0.39 is 4.92 Å². The second-order valence-corrected chi connectivity index (χ2v) is 8.22. The molecular weight excluding hydrogens is 421 g/mol. The Hall–Kier alpha value is -3.11. The van der Waals surface area contributed by atoms with Crippen LogP contribution < -0.4 is 4.90 Å². The van der Waals surface area contributed by atoms with E-state index >= 15 is 0 Å². The molecule has 0 unspecified atom stereocenters. The van der Waals surface area contributed by atoms with Crippen molar-refractivity contribution in [2.45, 2.75) is 18.8 Å².